The molecule has 1 aromatic heterocycles. The number of hydrogen-bond donors (Lipinski definition) is 0. The first-order valence-electron chi connectivity index (χ1n) is 7.94. The van der Waals surface area contributed by atoms with Gasteiger partial charge in [0.1, 0.15) is 0 Å². The molecule has 1 aliphatic carbocycles. The quantitative estimate of drug-likeness (QED) is 0.430. The van der Waals surface area contributed by atoms with Crippen LogP contribution in [-0.4, -0.2) is 10.8 Å². The Bertz CT molecular complexity index is 1120. The molecule has 5 rings (SSSR count). The number of carbonyl (C=O) groups is 1. The number of benzene rings is 3. The molecule has 0 saturated heterocycles. The number of carbonyl (C=O) groups excluding carboxylic acids is 1. The van der Waals surface area contributed by atoms with Crippen molar-refractivity contribution in [2.45, 2.75) is 0 Å². The number of hydrogen-bond acceptors (Lipinski definition) is 2. The normalized spacial score (nSPS) is 12.2. The number of pyridine rings is 1. The molecule has 0 N–H and O–H groups in total. The van der Waals surface area contributed by atoms with Crippen LogP contribution < -0.4 is 0 Å². The molecular weight excluding hydrogens is 294 g/mol. The van der Waals surface area contributed by atoms with Gasteiger partial charge in [-0.15, -0.1) is 0 Å². The molecule has 0 radical (unpaired) electrons. The highest BCUT2D eigenvalue weighted by atomic mass is 16.1. The molecule has 2 nitrogen and oxygen atoms in total. The standard InChI is InChI=1S/C22H13NO/c24-22-19-8-4-3-7-17(19)18-10-9-14(11-20(18)22)21-13-23-12-15-5-1-2-6-16(15)21/h1-13H. The van der Waals surface area contributed by atoms with Gasteiger partial charge in [0.25, 0.3) is 0 Å². The first-order chi connectivity index (χ1) is 11.8. The molecule has 0 unspecified atom stereocenters. The van der Waals surface area contributed by atoms with Crippen LogP contribution >= 0.6 is 0 Å². The van der Waals surface area contributed by atoms with Crippen LogP contribution in [0.4, 0.5) is 0 Å². The van der Waals surface area contributed by atoms with Crippen LogP contribution in [0.15, 0.2) is 79.1 Å². The van der Waals surface area contributed by atoms with Gasteiger partial charge in [-0.05, 0) is 28.1 Å². The maximum atomic E-state index is 12.7. The number of ketones is 1. The lowest BCUT2D eigenvalue weighted by Crippen LogP contribution is -1.95. The first kappa shape index (κ1) is 13.2. The Morgan fingerprint density at radius 2 is 1.38 bits per heavy atom. The smallest absolute Gasteiger partial charge is 0.194 e. The van der Waals surface area contributed by atoms with Crippen molar-refractivity contribution in [1.29, 1.82) is 0 Å². The summed E-state index contributed by atoms with van der Waals surface area (Å²) in [6.45, 7) is 0. The minimum atomic E-state index is 0.107. The number of aromatic nitrogens is 1. The summed E-state index contributed by atoms with van der Waals surface area (Å²) in [5.41, 5.74) is 5.70. The molecule has 1 heterocycles. The Labute approximate surface area is 139 Å². The van der Waals surface area contributed by atoms with Crippen LogP contribution in [0.25, 0.3) is 33.0 Å². The molecule has 3 aromatic carbocycles. The van der Waals surface area contributed by atoms with E-state index in [9.17, 15) is 4.79 Å². The van der Waals surface area contributed by atoms with Crippen molar-refractivity contribution in [3.05, 3.63) is 90.3 Å². The SMILES string of the molecule is O=C1c2ccccc2-c2ccc(-c3cncc4ccccc34)cc21. The largest absolute Gasteiger partial charge is 0.289 e. The third-order valence-electron chi connectivity index (χ3n) is 4.71. The van der Waals surface area contributed by atoms with E-state index in [1.54, 1.807) is 0 Å². The highest BCUT2D eigenvalue weighted by molar-refractivity contribution is 6.22. The van der Waals surface area contributed by atoms with Gasteiger partial charge in [0.05, 0.1) is 0 Å². The molecule has 1 aliphatic rings. The highest BCUT2D eigenvalue weighted by Gasteiger charge is 2.26. The summed E-state index contributed by atoms with van der Waals surface area (Å²) in [4.78, 5) is 17.1. The van der Waals surface area contributed by atoms with Crippen LogP contribution in [0.2, 0.25) is 0 Å². The molecule has 0 fully saturated rings. The highest BCUT2D eigenvalue weighted by Crippen LogP contribution is 2.39. The summed E-state index contributed by atoms with van der Waals surface area (Å²) in [7, 11) is 0. The van der Waals surface area contributed by atoms with E-state index in [-0.39, 0.29) is 5.78 Å². The first-order valence-corrected chi connectivity index (χ1v) is 7.94. The van der Waals surface area contributed by atoms with Crippen molar-refractivity contribution in [3.63, 3.8) is 0 Å². The van der Waals surface area contributed by atoms with E-state index in [1.807, 2.05) is 54.9 Å². The predicted octanol–water partition coefficient (Wildman–Crippen LogP) is 5.11. The Morgan fingerprint density at radius 3 is 2.29 bits per heavy atom. The van der Waals surface area contributed by atoms with Crippen molar-refractivity contribution < 1.29 is 4.79 Å². The maximum Gasteiger partial charge on any atom is 0.194 e. The zero-order chi connectivity index (χ0) is 16.1. The van der Waals surface area contributed by atoms with Gasteiger partial charge in [-0.1, -0.05) is 60.7 Å². The van der Waals surface area contributed by atoms with Gasteiger partial charge in [0, 0.05) is 34.5 Å². The molecule has 4 aromatic rings. The van der Waals surface area contributed by atoms with Crippen molar-refractivity contribution in [2.75, 3.05) is 0 Å². The van der Waals surface area contributed by atoms with Gasteiger partial charge >= 0.3 is 0 Å². The van der Waals surface area contributed by atoms with E-state index < -0.39 is 0 Å². The van der Waals surface area contributed by atoms with E-state index in [0.717, 1.165) is 44.2 Å². The maximum absolute atomic E-state index is 12.7. The van der Waals surface area contributed by atoms with Gasteiger partial charge in [-0.3, -0.25) is 9.78 Å². The zero-order valence-electron chi connectivity index (χ0n) is 12.9. The molecule has 0 bridgehead atoms. The monoisotopic (exact) mass is 307 g/mol. The number of fused-ring (bicyclic) bond motifs is 4. The van der Waals surface area contributed by atoms with E-state index >= 15 is 0 Å². The Kier molecular flexibility index (Phi) is 2.68. The molecule has 24 heavy (non-hydrogen) atoms. The fraction of sp³-hybridized carbons (Fsp3) is 0. The van der Waals surface area contributed by atoms with Crippen LogP contribution in [0.5, 0.6) is 0 Å². The summed E-state index contributed by atoms with van der Waals surface area (Å²) < 4.78 is 0. The molecule has 0 atom stereocenters. The lowest BCUT2D eigenvalue weighted by atomic mass is 9.97. The molecule has 0 amide bonds. The molecule has 0 saturated carbocycles. The van der Waals surface area contributed by atoms with E-state index in [2.05, 4.69) is 29.2 Å². The van der Waals surface area contributed by atoms with Crippen molar-refractivity contribution in [1.82, 2.24) is 4.98 Å². The number of rotatable bonds is 1. The topological polar surface area (TPSA) is 30.0 Å². The molecule has 0 aliphatic heterocycles. The van der Waals surface area contributed by atoms with E-state index in [4.69, 9.17) is 0 Å². The Morgan fingerprint density at radius 1 is 0.625 bits per heavy atom. The Balaban J connectivity index is 1.74. The average molecular weight is 307 g/mol. The van der Waals surface area contributed by atoms with Crippen LogP contribution in [-0.2, 0) is 0 Å². The lowest BCUT2D eigenvalue weighted by Gasteiger charge is -2.08. The number of nitrogens with zero attached hydrogens (tertiary/aromatic N) is 1. The minimum Gasteiger partial charge on any atom is -0.289 e. The summed E-state index contributed by atoms with van der Waals surface area (Å²) in [6, 6.07) is 22.1. The molecular formula is C22H13NO. The van der Waals surface area contributed by atoms with Crippen LogP contribution in [0.3, 0.4) is 0 Å². The van der Waals surface area contributed by atoms with E-state index in [1.165, 1.54) is 0 Å². The van der Waals surface area contributed by atoms with Gasteiger partial charge in [-0.2, -0.15) is 0 Å². The minimum absolute atomic E-state index is 0.107. The molecule has 112 valence electrons. The van der Waals surface area contributed by atoms with Gasteiger partial charge in [-0.25, -0.2) is 0 Å². The van der Waals surface area contributed by atoms with Crippen molar-refractivity contribution >= 4 is 16.6 Å². The summed E-state index contributed by atoms with van der Waals surface area (Å²) in [5, 5.41) is 2.25. The molecule has 0 spiro atoms. The zero-order valence-corrected chi connectivity index (χ0v) is 12.9. The molecule has 2 heteroatoms. The fourth-order valence-corrected chi connectivity index (χ4v) is 3.54. The summed E-state index contributed by atoms with van der Waals surface area (Å²) >= 11 is 0. The fourth-order valence-electron chi connectivity index (χ4n) is 3.54. The van der Waals surface area contributed by atoms with Gasteiger partial charge < -0.3 is 0 Å². The van der Waals surface area contributed by atoms with Crippen LogP contribution in [0, 0.1) is 0 Å². The van der Waals surface area contributed by atoms with Crippen molar-refractivity contribution in [3.8, 4) is 22.3 Å². The third kappa shape index (κ3) is 1.77. The van der Waals surface area contributed by atoms with Gasteiger partial charge in [0.2, 0.25) is 0 Å². The van der Waals surface area contributed by atoms with Crippen molar-refractivity contribution in [2.24, 2.45) is 0 Å². The summed E-state index contributed by atoms with van der Waals surface area (Å²) in [5.74, 6) is 0.107. The second-order valence-corrected chi connectivity index (χ2v) is 6.04. The van der Waals surface area contributed by atoms with Crippen LogP contribution in [0.1, 0.15) is 15.9 Å². The summed E-state index contributed by atoms with van der Waals surface area (Å²) in [6.07, 6.45) is 3.74. The predicted molar refractivity (Wildman–Crippen MR) is 96.0 cm³/mol. The Hall–Kier alpha value is -3.26. The second kappa shape index (κ2) is 4.87. The third-order valence-corrected chi connectivity index (χ3v) is 4.71. The average Bonchev–Trinajstić information content (AvgIpc) is 2.94. The van der Waals surface area contributed by atoms with Gasteiger partial charge in [0.15, 0.2) is 5.78 Å². The van der Waals surface area contributed by atoms with E-state index in [0.29, 0.717) is 0 Å². The lowest BCUT2D eigenvalue weighted by molar-refractivity contribution is 0.104. The second-order valence-electron chi connectivity index (χ2n) is 6.04.